The Balaban J connectivity index is 2.79. The number of amides is 1. The predicted molar refractivity (Wildman–Crippen MR) is 83.1 cm³/mol. The van der Waals surface area contributed by atoms with E-state index in [-0.39, 0.29) is 5.91 Å². The molecule has 2 N–H and O–H groups in total. The number of carbonyl (C=O) groups is 1. The van der Waals surface area contributed by atoms with E-state index in [1.807, 2.05) is 21.1 Å². The van der Waals surface area contributed by atoms with Crippen molar-refractivity contribution in [1.29, 1.82) is 0 Å². The van der Waals surface area contributed by atoms with E-state index in [4.69, 9.17) is 18.0 Å². The number of nitrogens with zero attached hydrogens (tertiary/aromatic N) is 2. The molecule has 0 atom stereocenters. The van der Waals surface area contributed by atoms with Gasteiger partial charge in [-0.2, -0.15) is 0 Å². The van der Waals surface area contributed by atoms with Crippen molar-refractivity contribution in [2.75, 3.05) is 34.2 Å². The fourth-order valence-electron chi connectivity index (χ4n) is 2.71. The number of thiocarbonyl (C=S) groups is 1. The van der Waals surface area contributed by atoms with E-state index in [1.54, 1.807) is 4.90 Å². The summed E-state index contributed by atoms with van der Waals surface area (Å²) in [4.78, 5) is 17.0. The predicted octanol–water partition coefficient (Wildman–Crippen LogP) is 1.63. The highest BCUT2D eigenvalue weighted by molar-refractivity contribution is 7.80. The van der Waals surface area contributed by atoms with Crippen LogP contribution in [0, 0.1) is 5.41 Å². The highest BCUT2D eigenvalue weighted by Crippen LogP contribution is 2.37. The van der Waals surface area contributed by atoms with Crippen molar-refractivity contribution < 1.29 is 4.79 Å². The van der Waals surface area contributed by atoms with Gasteiger partial charge in [-0.1, -0.05) is 37.9 Å². The van der Waals surface area contributed by atoms with Crippen molar-refractivity contribution in [1.82, 2.24) is 9.80 Å². The van der Waals surface area contributed by atoms with Crippen LogP contribution in [0.25, 0.3) is 0 Å². The minimum absolute atomic E-state index is 0.115. The highest BCUT2D eigenvalue weighted by atomic mass is 32.1. The average molecular weight is 285 g/mol. The second kappa shape index (κ2) is 7.20. The Labute approximate surface area is 122 Å². The lowest BCUT2D eigenvalue weighted by Gasteiger charge is -2.34. The number of hydrogen-bond acceptors (Lipinski definition) is 3. The molecule has 1 fully saturated rings. The summed E-state index contributed by atoms with van der Waals surface area (Å²) in [5.41, 5.74) is 5.35. The second-order valence-corrected chi connectivity index (χ2v) is 6.33. The Kier molecular flexibility index (Phi) is 6.20. The molecule has 0 aromatic heterocycles. The van der Waals surface area contributed by atoms with Gasteiger partial charge in [0, 0.05) is 20.1 Å². The number of nitrogens with two attached hydrogens (primary N) is 1. The quantitative estimate of drug-likeness (QED) is 0.616. The molecule has 5 heteroatoms. The molecule has 0 saturated heterocycles. The Morgan fingerprint density at radius 2 is 1.63 bits per heavy atom. The van der Waals surface area contributed by atoms with E-state index < -0.39 is 5.41 Å². The van der Waals surface area contributed by atoms with Gasteiger partial charge in [0.25, 0.3) is 0 Å². The molecule has 0 unspecified atom stereocenters. The molecule has 0 bridgehead atoms. The molecule has 1 aliphatic carbocycles. The van der Waals surface area contributed by atoms with E-state index in [9.17, 15) is 4.79 Å². The average Bonchev–Trinajstić information content (AvgIpc) is 2.61. The summed E-state index contributed by atoms with van der Waals surface area (Å²) in [7, 11) is 5.87. The van der Waals surface area contributed by atoms with Crippen LogP contribution in [0.5, 0.6) is 0 Å². The number of rotatable bonds is 5. The zero-order valence-corrected chi connectivity index (χ0v) is 13.3. The molecule has 0 radical (unpaired) electrons. The van der Waals surface area contributed by atoms with Crippen molar-refractivity contribution in [2.45, 2.75) is 38.5 Å². The van der Waals surface area contributed by atoms with Crippen molar-refractivity contribution >= 4 is 23.1 Å². The Hall–Kier alpha value is -0.680. The first-order valence-corrected chi connectivity index (χ1v) is 7.51. The third kappa shape index (κ3) is 4.14. The normalized spacial score (nSPS) is 18.9. The van der Waals surface area contributed by atoms with Gasteiger partial charge < -0.3 is 15.5 Å². The van der Waals surface area contributed by atoms with Gasteiger partial charge in [-0.05, 0) is 26.9 Å². The highest BCUT2D eigenvalue weighted by Gasteiger charge is 2.42. The van der Waals surface area contributed by atoms with Crippen LogP contribution in [-0.4, -0.2) is 54.9 Å². The Morgan fingerprint density at radius 3 is 2.05 bits per heavy atom. The zero-order chi connectivity index (χ0) is 14.5. The van der Waals surface area contributed by atoms with Gasteiger partial charge in [0.15, 0.2) is 0 Å². The monoisotopic (exact) mass is 285 g/mol. The van der Waals surface area contributed by atoms with Crippen LogP contribution in [0.1, 0.15) is 38.5 Å². The Bertz CT molecular complexity index is 323. The van der Waals surface area contributed by atoms with Gasteiger partial charge in [-0.25, -0.2) is 0 Å². The first-order valence-electron chi connectivity index (χ1n) is 7.10. The SMILES string of the molecule is CN(C)CCN(C)C(=O)C1(C(N)=S)CCCCCC1. The van der Waals surface area contributed by atoms with Gasteiger partial charge >= 0.3 is 0 Å². The molecule has 1 amide bonds. The maximum Gasteiger partial charge on any atom is 0.235 e. The molecule has 0 aromatic rings. The van der Waals surface area contributed by atoms with Crippen LogP contribution in [0.2, 0.25) is 0 Å². The van der Waals surface area contributed by atoms with Crippen LogP contribution in [0.3, 0.4) is 0 Å². The first-order chi connectivity index (χ1) is 8.90. The maximum atomic E-state index is 12.8. The van der Waals surface area contributed by atoms with Crippen LogP contribution in [0.4, 0.5) is 0 Å². The molecule has 1 rings (SSSR count). The lowest BCUT2D eigenvalue weighted by Crippen LogP contribution is -2.50. The summed E-state index contributed by atoms with van der Waals surface area (Å²) in [5.74, 6) is 0.115. The fraction of sp³-hybridized carbons (Fsp3) is 0.857. The largest absolute Gasteiger partial charge is 0.392 e. The van der Waals surface area contributed by atoms with Crippen LogP contribution in [0.15, 0.2) is 0 Å². The van der Waals surface area contributed by atoms with Gasteiger partial charge in [0.2, 0.25) is 5.91 Å². The summed E-state index contributed by atoms with van der Waals surface area (Å²) in [6.07, 6.45) is 6.08. The van der Waals surface area contributed by atoms with E-state index in [2.05, 4.69) is 4.90 Å². The summed E-state index contributed by atoms with van der Waals surface area (Å²) in [6, 6.07) is 0. The molecule has 0 aliphatic heterocycles. The third-order valence-electron chi connectivity index (χ3n) is 4.07. The molecule has 110 valence electrons. The summed E-state index contributed by atoms with van der Waals surface area (Å²) in [6.45, 7) is 1.58. The van der Waals surface area contributed by atoms with Crippen molar-refractivity contribution in [3.05, 3.63) is 0 Å². The first kappa shape index (κ1) is 16.4. The van der Waals surface area contributed by atoms with Crippen molar-refractivity contribution in [3.8, 4) is 0 Å². The van der Waals surface area contributed by atoms with E-state index in [0.29, 0.717) is 4.99 Å². The van der Waals surface area contributed by atoms with Crippen LogP contribution >= 0.6 is 12.2 Å². The van der Waals surface area contributed by atoms with Crippen molar-refractivity contribution in [3.63, 3.8) is 0 Å². The third-order valence-corrected chi connectivity index (χ3v) is 4.46. The van der Waals surface area contributed by atoms with Crippen molar-refractivity contribution in [2.24, 2.45) is 11.1 Å². The summed E-state index contributed by atoms with van der Waals surface area (Å²) in [5, 5.41) is 0. The molecule has 0 aromatic carbocycles. The van der Waals surface area contributed by atoms with Gasteiger partial charge in [-0.3, -0.25) is 4.79 Å². The summed E-state index contributed by atoms with van der Waals surface area (Å²) >= 11 is 5.24. The summed E-state index contributed by atoms with van der Waals surface area (Å²) < 4.78 is 0. The molecule has 0 heterocycles. The number of hydrogen-bond donors (Lipinski definition) is 1. The molecule has 1 aliphatic rings. The second-order valence-electron chi connectivity index (χ2n) is 5.89. The zero-order valence-electron chi connectivity index (χ0n) is 12.4. The van der Waals surface area contributed by atoms with Gasteiger partial charge in [0.05, 0.1) is 10.4 Å². The lowest BCUT2D eigenvalue weighted by atomic mass is 9.79. The van der Waals surface area contributed by atoms with E-state index >= 15 is 0 Å². The van der Waals surface area contributed by atoms with Crippen LogP contribution in [-0.2, 0) is 4.79 Å². The smallest absolute Gasteiger partial charge is 0.235 e. The molecule has 0 spiro atoms. The standard InChI is InChI=1S/C14H27N3OS/c1-16(2)10-11-17(3)13(18)14(12(15)19)8-6-4-5-7-9-14/h4-11H2,1-3H3,(H2,15,19). The number of carbonyl (C=O) groups excluding carboxylic acids is 1. The van der Waals surface area contributed by atoms with Crippen LogP contribution < -0.4 is 5.73 Å². The molecule has 4 nitrogen and oxygen atoms in total. The minimum Gasteiger partial charge on any atom is -0.392 e. The molecular weight excluding hydrogens is 258 g/mol. The lowest BCUT2D eigenvalue weighted by molar-refractivity contribution is -0.137. The fourth-order valence-corrected chi connectivity index (χ4v) is 3.01. The van der Waals surface area contributed by atoms with Gasteiger partial charge in [0.1, 0.15) is 0 Å². The maximum absolute atomic E-state index is 12.8. The Morgan fingerprint density at radius 1 is 1.11 bits per heavy atom. The van der Waals surface area contributed by atoms with E-state index in [1.165, 1.54) is 12.8 Å². The number of likely N-dealkylation sites (N-methyl/N-ethyl adjacent to an activating group) is 2. The van der Waals surface area contributed by atoms with Gasteiger partial charge in [-0.15, -0.1) is 0 Å². The molecule has 1 saturated carbocycles. The van der Waals surface area contributed by atoms with E-state index in [0.717, 1.165) is 38.8 Å². The topological polar surface area (TPSA) is 49.6 Å². The molecular formula is C14H27N3OS. The minimum atomic E-state index is -0.590. The molecule has 19 heavy (non-hydrogen) atoms.